The number of rotatable bonds is 9. The van der Waals surface area contributed by atoms with Crippen molar-refractivity contribution in [3.63, 3.8) is 0 Å². The maximum atomic E-state index is 12.6. The molecule has 7 heteroatoms. The van der Waals surface area contributed by atoms with Crippen LogP contribution in [0.1, 0.15) is 43.6 Å². The van der Waals surface area contributed by atoms with E-state index < -0.39 is 0 Å². The maximum Gasteiger partial charge on any atom is 0.274 e. The van der Waals surface area contributed by atoms with E-state index in [2.05, 4.69) is 20.2 Å². The fraction of sp³-hybridized carbons (Fsp3) is 0.667. The predicted octanol–water partition coefficient (Wildman–Crippen LogP) is 1.18. The summed E-state index contributed by atoms with van der Waals surface area (Å²) in [6.45, 7) is 8.91. The van der Waals surface area contributed by atoms with Crippen molar-refractivity contribution >= 4 is 11.8 Å². The summed E-state index contributed by atoms with van der Waals surface area (Å²) in [4.78, 5) is 36.7. The minimum atomic E-state index is -0.174. The predicted molar refractivity (Wildman–Crippen MR) is 96.1 cm³/mol. The van der Waals surface area contributed by atoms with E-state index in [0.29, 0.717) is 37.7 Å². The van der Waals surface area contributed by atoms with E-state index in [1.807, 2.05) is 13.8 Å². The molecule has 0 aromatic carbocycles. The van der Waals surface area contributed by atoms with Crippen LogP contribution < -0.4 is 5.32 Å². The van der Waals surface area contributed by atoms with Gasteiger partial charge >= 0.3 is 0 Å². The third kappa shape index (κ3) is 6.78. The first-order valence-electron chi connectivity index (χ1n) is 9.10. The molecule has 1 N–H and O–H groups in total. The summed E-state index contributed by atoms with van der Waals surface area (Å²) in [5, 5.41) is 2.95. The lowest BCUT2D eigenvalue weighted by molar-refractivity contribution is -0.121. The van der Waals surface area contributed by atoms with E-state index >= 15 is 0 Å². The molecule has 1 aromatic heterocycles. The molecule has 1 aliphatic heterocycles. The van der Waals surface area contributed by atoms with E-state index in [0.717, 1.165) is 19.6 Å². The Kier molecular flexibility index (Phi) is 7.78. The lowest BCUT2D eigenvalue weighted by atomic mass is 10.2. The van der Waals surface area contributed by atoms with Crippen LogP contribution in [0.3, 0.4) is 0 Å². The molecule has 7 nitrogen and oxygen atoms in total. The molecule has 25 heavy (non-hydrogen) atoms. The van der Waals surface area contributed by atoms with Crippen LogP contribution in [0.2, 0.25) is 0 Å². The number of likely N-dealkylation sites (tertiary alicyclic amines) is 1. The summed E-state index contributed by atoms with van der Waals surface area (Å²) in [7, 11) is 0. The first-order valence-corrected chi connectivity index (χ1v) is 9.10. The normalized spacial score (nSPS) is 14.7. The summed E-state index contributed by atoms with van der Waals surface area (Å²) >= 11 is 0. The van der Waals surface area contributed by atoms with Gasteiger partial charge in [0.05, 0.1) is 6.20 Å². The smallest absolute Gasteiger partial charge is 0.274 e. The van der Waals surface area contributed by atoms with E-state index in [9.17, 15) is 9.59 Å². The van der Waals surface area contributed by atoms with Crippen LogP contribution in [0.5, 0.6) is 0 Å². The molecule has 2 rings (SSSR count). The van der Waals surface area contributed by atoms with Gasteiger partial charge in [0, 0.05) is 45.0 Å². The number of hydrogen-bond acceptors (Lipinski definition) is 5. The number of amides is 2. The van der Waals surface area contributed by atoms with Crippen LogP contribution in [-0.4, -0.2) is 70.9 Å². The fourth-order valence-corrected chi connectivity index (χ4v) is 2.97. The average Bonchev–Trinajstić information content (AvgIpc) is 3.12. The molecular weight excluding hydrogens is 318 g/mol. The second kappa shape index (κ2) is 10.1. The van der Waals surface area contributed by atoms with Crippen LogP contribution in [0, 0.1) is 5.92 Å². The molecule has 0 unspecified atom stereocenters. The van der Waals surface area contributed by atoms with Gasteiger partial charge in [-0.2, -0.15) is 0 Å². The molecule has 2 heterocycles. The maximum absolute atomic E-state index is 12.6. The highest BCUT2D eigenvalue weighted by Crippen LogP contribution is 2.07. The van der Waals surface area contributed by atoms with Crippen molar-refractivity contribution < 1.29 is 9.59 Å². The molecule has 0 atom stereocenters. The number of nitrogens with one attached hydrogen (secondary N) is 1. The van der Waals surface area contributed by atoms with Gasteiger partial charge in [-0.3, -0.25) is 14.6 Å². The van der Waals surface area contributed by atoms with Gasteiger partial charge in [0.2, 0.25) is 5.91 Å². The van der Waals surface area contributed by atoms with Gasteiger partial charge in [-0.05, 0) is 31.8 Å². The topological polar surface area (TPSA) is 78.4 Å². The van der Waals surface area contributed by atoms with Crippen LogP contribution >= 0.6 is 0 Å². The Bertz CT molecular complexity index is 544. The third-order valence-corrected chi connectivity index (χ3v) is 4.21. The highest BCUT2D eigenvalue weighted by molar-refractivity contribution is 5.92. The minimum absolute atomic E-state index is 0.0140. The SMILES string of the molecule is CC(C)CN(CCC(=O)NCCN1CCCC1)C(=O)c1cnccn1. The van der Waals surface area contributed by atoms with E-state index in [4.69, 9.17) is 0 Å². The van der Waals surface area contributed by atoms with E-state index in [1.54, 1.807) is 4.90 Å². The van der Waals surface area contributed by atoms with Crippen molar-refractivity contribution in [2.45, 2.75) is 33.1 Å². The van der Waals surface area contributed by atoms with Crippen LogP contribution in [0.25, 0.3) is 0 Å². The Morgan fingerprint density at radius 2 is 2.04 bits per heavy atom. The molecule has 138 valence electrons. The second-order valence-corrected chi connectivity index (χ2v) is 6.88. The first-order chi connectivity index (χ1) is 12.1. The number of nitrogens with zero attached hydrogens (tertiary/aromatic N) is 4. The standard InChI is InChI=1S/C18H29N5O2/c1-15(2)14-23(18(25)16-13-19-6-7-20-16)11-5-17(24)21-8-12-22-9-3-4-10-22/h6-7,13,15H,3-5,8-12,14H2,1-2H3,(H,21,24). The van der Waals surface area contributed by atoms with Crippen molar-refractivity contribution in [1.82, 2.24) is 25.1 Å². The first kappa shape index (κ1) is 19.3. The fourth-order valence-electron chi connectivity index (χ4n) is 2.97. The number of carbonyl (C=O) groups is 2. The molecule has 0 spiro atoms. The molecule has 0 radical (unpaired) electrons. The number of hydrogen-bond donors (Lipinski definition) is 1. The van der Waals surface area contributed by atoms with Crippen molar-refractivity contribution in [3.05, 3.63) is 24.3 Å². The van der Waals surface area contributed by atoms with Gasteiger partial charge in [-0.1, -0.05) is 13.8 Å². The lowest BCUT2D eigenvalue weighted by Gasteiger charge is -2.24. The van der Waals surface area contributed by atoms with E-state index in [1.165, 1.54) is 31.4 Å². The largest absolute Gasteiger partial charge is 0.355 e. The summed E-state index contributed by atoms with van der Waals surface area (Å²) in [5.41, 5.74) is 0.317. The molecule has 2 amide bonds. The zero-order valence-electron chi connectivity index (χ0n) is 15.3. The van der Waals surface area contributed by atoms with Crippen molar-refractivity contribution in [2.24, 2.45) is 5.92 Å². The molecule has 1 saturated heterocycles. The molecule has 1 aromatic rings. The average molecular weight is 347 g/mol. The zero-order valence-corrected chi connectivity index (χ0v) is 15.3. The van der Waals surface area contributed by atoms with Crippen molar-refractivity contribution in [3.8, 4) is 0 Å². The molecule has 1 aliphatic rings. The quantitative estimate of drug-likeness (QED) is 0.726. The molecule has 1 fully saturated rings. The van der Waals surface area contributed by atoms with Crippen LogP contribution in [0.15, 0.2) is 18.6 Å². The Balaban J connectivity index is 1.78. The highest BCUT2D eigenvalue weighted by atomic mass is 16.2. The van der Waals surface area contributed by atoms with Gasteiger partial charge in [-0.25, -0.2) is 4.98 Å². The van der Waals surface area contributed by atoms with Crippen molar-refractivity contribution in [1.29, 1.82) is 0 Å². The Hall–Kier alpha value is -2.02. The monoisotopic (exact) mass is 347 g/mol. The molecule has 0 aliphatic carbocycles. The number of carbonyl (C=O) groups excluding carboxylic acids is 2. The van der Waals surface area contributed by atoms with Gasteiger partial charge < -0.3 is 15.1 Å². The lowest BCUT2D eigenvalue weighted by Crippen LogP contribution is -2.39. The summed E-state index contributed by atoms with van der Waals surface area (Å²) in [6.07, 6.45) is 7.32. The van der Waals surface area contributed by atoms with Gasteiger partial charge in [0.1, 0.15) is 5.69 Å². The van der Waals surface area contributed by atoms with Crippen LogP contribution in [-0.2, 0) is 4.79 Å². The molecule has 0 saturated carbocycles. The number of aromatic nitrogens is 2. The van der Waals surface area contributed by atoms with Gasteiger partial charge in [0.25, 0.3) is 5.91 Å². The van der Waals surface area contributed by atoms with Crippen molar-refractivity contribution in [2.75, 3.05) is 39.3 Å². The summed E-state index contributed by atoms with van der Waals surface area (Å²) < 4.78 is 0. The Morgan fingerprint density at radius 3 is 2.68 bits per heavy atom. The van der Waals surface area contributed by atoms with E-state index in [-0.39, 0.29) is 11.8 Å². The van der Waals surface area contributed by atoms with Gasteiger partial charge in [0.15, 0.2) is 0 Å². The summed E-state index contributed by atoms with van der Waals surface area (Å²) in [5.74, 6) is 0.130. The molecule has 0 bridgehead atoms. The minimum Gasteiger partial charge on any atom is -0.355 e. The van der Waals surface area contributed by atoms with Crippen LogP contribution in [0.4, 0.5) is 0 Å². The third-order valence-electron chi connectivity index (χ3n) is 4.21. The second-order valence-electron chi connectivity index (χ2n) is 6.88. The summed E-state index contributed by atoms with van der Waals surface area (Å²) in [6, 6.07) is 0. The Morgan fingerprint density at radius 1 is 1.28 bits per heavy atom. The highest BCUT2D eigenvalue weighted by Gasteiger charge is 2.19. The molecular formula is C18H29N5O2. The zero-order chi connectivity index (χ0) is 18.1. The Labute approximate surface area is 149 Å². The van der Waals surface area contributed by atoms with Gasteiger partial charge in [-0.15, -0.1) is 0 Å².